The molecule has 0 aliphatic carbocycles. The summed E-state index contributed by atoms with van der Waals surface area (Å²) in [5, 5.41) is 0. The van der Waals surface area contributed by atoms with Crippen molar-refractivity contribution in [2.45, 2.75) is 19.1 Å². The topological polar surface area (TPSA) is 38.8 Å². The number of carbonyl (C=O) groups is 1. The second-order valence-electron chi connectivity index (χ2n) is 6.25. The summed E-state index contributed by atoms with van der Waals surface area (Å²) in [7, 11) is 1.38. The quantitative estimate of drug-likeness (QED) is 0.782. The summed E-state index contributed by atoms with van der Waals surface area (Å²) in [4.78, 5) is 13.8. The molecule has 1 saturated heterocycles. The maximum Gasteiger partial charge on any atom is 0.337 e. The predicted molar refractivity (Wildman–Crippen MR) is 92.9 cm³/mol. The van der Waals surface area contributed by atoms with E-state index in [1.165, 1.54) is 13.2 Å². The Kier molecular flexibility index (Phi) is 5.79. The number of nitrogens with zero attached hydrogens (tertiary/aromatic N) is 1. The minimum atomic E-state index is -0.326. The molecule has 1 heterocycles. The van der Waals surface area contributed by atoms with Crippen molar-refractivity contribution in [2.24, 2.45) is 0 Å². The third-order valence-electron chi connectivity index (χ3n) is 4.36. The molecule has 2 aromatic carbocycles. The Morgan fingerprint density at radius 1 is 1.24 bits per heavy atom. The van der Waals surface area contributed by atoms with Gasteiger partial charge in [-0.25, -0.2) is 9.18 Å². The number of rotatable bonds is 5. The molecule has 0 aromatic heterocycles. The largest absolute Gasteiger partial charge is 0.465 e. The first-order valence-electron chi connectivity index (χ1n) is 8.39. The molecule has 25 heavy (non-hydrogen) atoms. The van der Waals surface area contributed by atoms with Gasteiger partial charge in [0.1, 0.15) is 5.82 Å². The molecule has 5 heteroatoms. The normalized spacial score (nSPS) is 18.1. The minimum Gasteiger partial charge on any atom is -0.465 e. The SMILES string of the molecule is COC(=O)c1ccc(CN2CCO[C@@H](Cc3cccc(F)c3)C2)cc1. The van der Waals surface area contributed by atoms with E-state index in [1.54, 1.807) is 24.3 Å². The highest BCUT2D eigenvalue weighted by Crippen LogP contribution is 2.16. The number of morpholine rings is 1. The van der Waals surface area contributed by atoms with Crippen LogP contribution in [0.5, 0.6) is 0 Å². The molecule has 0 saturated carbocycles. The van der Waals surface area contributed by atoms with Crippen LogP contribution in [0, 0.1) is 5.82 Å². The van der Waals surface area contributed by atoms with Crippen molar-refractivity contribution in [3.05, 3.63) is 71.0 Å². The van der Waals surface area contributed by atoms with Gasteiger partial charge in [-0.05, 0) is 41.8 Å². The van der Waals surface area contributed by atoms with Crippen LogP contribution in [-0.4, -0.2) is 43.8 Å². The van der Waals surface area contributed by atoms with Crippen molar-refractivity contribution in [1.82, 2.24) is 4.90 Å². The lowest BCUT2D eigenvalue weighted by Gasteiger charge is -2.33. The van der Waals surface area contributed by atoms with Gasteiger partial charge in [0.2, 0.25) is 0 Å². The van der Waals surface area contributed by atoms with Crippen molar-refractivity contribution in [2.75, 3.05) is 26.8 Å². The summed E-state index contributed by atoms with van der Waals surface area (Å²) < 4.78 is 23.9. The summed E-state index contributed by atoms with van der Waals surface area (Å²) >= 11 is 0. The summed E-state index contributed by atoms with van der Waals surface area (Å²) in [6, 6.07) is 14.1. The highest BCUT2D eigenvalue weighted by atomic mass is 19.1. The highest BCUT2D eigenvalue weighted by molar-refractivity contribution is 5.89. The van der Waals surface area contributed by atoms with Crippen LogP contribution < -0.4 is 0 Å². The molecule has 0 bridgehead atoms. The second-order valence-corrected chi connectivity index (χ2v) is 6.25. The summed E-state index contributed by atoms with van der Waals surface area (Å²) in [6.07, 6.45) is 0.764. The van der Waals surface area contributed by atoms with Gasteiger partial charge in [-0.15, -0.1) is 0 Å². The van der Waals surface area contributed by atoms with Crippen LogP contribution in [0.1, 0.15) is 21.5 Å². The Hall–Kier alpha value is -2.24. The Morgan fingerprint density at radius 3 is 2.76 bits per heavy atom. The van der Waals surface area contributed by atoms with Gasteiger partial charge in [-0.3, -0.25) is 4.90 Å². The minimum absolute atomic E-state index is 0.0601. The number of halogens is 1. The van der Waals surface area contributed by atoms with Gasteiger partial charge >= 0.3 is 5.97 Å². The van der Waals surface area contributed by atoms with Gasteiger partial charge in [0, 0.05) is 19.6 Å². The fourth-order valence-corrected chi connectivity index (χ4v) is 3.10. The fourth-order valence-electron chi connectivity index (χ4n) is 3.10. The Morgan fingerprint density at radius 2 is 2.04 bits per heavy atom. The van der Waals surface area contributed by atoms with Crippen LogP contribution in [-0.2, 0) is 22.4 Å². The molecule has 0 spiro atoms. The lowest BCUT2D eigenvalue weighted by molar-refractivity contribution is -0.0305. The lowest BCUT2D eigenvalue weighted by Crippen LogP contribution is -2.42. The third-order valence-corrected chi connectivity index (χ3v) is 4.36. The van der Waals surface area contributed by atoms with E-state index < -0.39 is 0 Å². The van der Waals surface area contributed by atoms with Crippen molar-refractivity contribution < 1.29 is 18.7 Å². The molecule has 1 aliphatic heterocycles. The number of ether oxygens (including phenoxy) is 2. The molecule has 132 valence electrons. The average molecular weight is 343 g/mol. The van der Waals surface area contributed by atoms with E-state index in [2.05, 4.69) is 4.90 Å². The standard InChI is InChI=1S/C20H22FNO3/c1-24-20(23)17-7-5-15(6-8-17)13-22-9-10-25-19(14-22)12-16-3-2-4-18(21)11-16/h2-8,11,19H,9-10,12-14H2,1H3/t19-/m0/s1. The molecule has 1 aliphatic rings. The van der Waals surface area contributed by atoms with Crippen LogP contribution in [0.4, 0.5) is 4.39 Å². The molecule has 1 atom stereocenters. The van der Waals surface area contributed by atoms with Crippen molar-refractivity contribution >= 4 is 5.97 Å². The van der Waals surface area contributed by atoms with E-state index in [0.29, 0.717) is 18.6 Å². The fraction of sp³-hybridized carbons (Fsp3) is 0.350. The molecule has 2 aromatic rings. The van der Waals surface area contributed by atoms with Crippen molar-refractivity contribution in [1.29, 1.82) is 0 Å². The van der Waals surface area contributed by atoms with Gasteiger partial charge in [0.25, 0.3) is 0 Å². The Labute approximate surface area is 147 Å². The molecule has 0 unspecified atom stereocenters. The van der Waals surface area contributed by atoms with Crippen molar-refractivity contribution in [3.63, 3.8) is 0 Å². The molecule has 1 fully saturated rings. The van der Waals surface area contributed by atoms with E-state index in [-0.39, 0.29) is 17.9 Å². The van der Waals surface area contributed by atoms with Crippen LogP contribution >= 0.6 is 0 Å². The highest BCUT2D eigenvalue weighted by Gasteiger charge is 2.21. The van der Waals surface area contributed by atoms with E-state index >= 15 is 0 Å². The molecule has 0 N–H and O–H groups in total. The maximum atomic E-state index is 13.3. The summed E-state index contributed by atoms with van der Waals surface area (Å²) in [6.45, 7) is 3.12. The van der Waals surface area contributed by atoms with Crippen LogP contribution in [0.3, 0.4) is 0 Å². The van der Waals surface area contributed by atoms with Crippen LogP contribution in [0.25, 0.3) is 0 Å². The molecule has 3 rings (SSSR count). The third kappa shape index (κ3) is 4.87. The number of benzene rings is 2. The zero-order valence-corrected chi connectivity index (χ0v) is 14.3. The first kappa shape index (κ1) is 17.6. The number of esters is 1. The smallest absolute Gasteiger partial charge is 0.337 e. The van der Waals surface area contributed by atoms with Gasteiger partial charge in [0.15, 0.2) is 0 Å². The monoisotopic (exact) mass is 343 g/mol. The predicted octanol–water partition coefficient (Wildman–Crippen LogP) is 3.06. The van der Waals surface area contributed by atoms with E-state index in [0.717, 1.165) is 30.8 Å². The zero-order chi connectivity index (χ0) is 17.6. The van der Waals surface area contributed by atoms with Gasteiger partial charge in [0.05, 0.1) is 25.4 Å². The summed E-state index contributed by atoms with van der Waals surface area (Å²) in [5.41, 5.74) is 2.64. The Balaban J connectivity index is 1.57. The van der Waals surface area contributed by atoms with Crippen molar-refractivity contribution in [3.8, 4) is 0 Å². The lowest BCUT2D eigenvalue weighted by atomic mass is 10.1. The van der Waals surface area contributed by atoms with E-state index in [4.69, 9.17) is 9.47 Å². The second kappa shape index (κ2) is 8.23. The molecule has 0 radical (unpaired) electrons. The maximum absolute atomic E-state index is 13.3. The average Bonchev–Trinajstić information content (AvgIpc) is 2.62. The first-order chi connectivity index (χ1) is 12.1. The van der Waals surface area contributed by atoms with Crippen LogP contribution in [0.2, 0.25) is 0 Å². The van der Waals surface area contributed by atoms with Crippen LogP contribution in [0.15, 0.2) is 48.5 Å². The molecule has 4 nitrogen and oxygen atoms in total. The first-order valence-corrected chi connectivity index (χ1v) is 8.39. The zero-order valence-electron chi connectivity index (χ0n) is 14.3. The number of hydrogen-bond acceptors (Lipinski definition) is 4. The Bertz CT molecular complexity index is 717. The van der Waals surface area contributed by atoms with Gasteiger partial charge < -0.3 is 9.47 Å². The number of carbonyl (C=O) groups excluding carboxylic acids is 1. The van der Waals surface area contributed by atoms with Gasteiger partial charge in [-0.1, -0.05) is 24.3 Å². The van der Waals surface area contributed by atoms with E-state index in [1.807, 2.05) is 18.2 Å². The molecular weight excluding hydrogens is 321 g/mol. The molecular formula is C20H22FNO3. The molecule has 0 amide bonds. The van der Waals surface area contributed by atoms with Gasteiger partial charge in [-0.2, -0.15) is 0 Å². The number of methoxy groups -OCH3 is 1. The van der Waals surface area contributed by atoms with E-state index in [9.17, 15) is 9.18 Å². The summed E-state index contributed by atoms with van der Waals surface area (Å²) in [5.74, 6) is -0.538. The number of hydrogen-bond donors (Lipinski definition) is 0.